The van der Waals surface area contributed by atoms with Crippen LogP contribution in [0.2, 0.25) is 0 Å². The number of nitrogens with one attached hydrogen (secondary N) is 1. The first-order valence-corrected chi connectivity index (χ1v) is 4.86. The van der Waals surface area contributed by atoms with E-state index in [1.165, 1.54) is 0 Å². The number of benzene rings is 1. The van der Waals surface area contributed by atoms with Gasteiger partial charge in [-0.3, -0.25) is 4.79 Å². The molecule has 1 aromatic heterocycles. The van der Waals surface area contributed by atoms with Gasteiger partial charge < -0.3 is 4.98 Å². The third-order valence-corrected chi connectivity index (χ3v) is 2.71. The number of hydrogen-bond acceptors (Lipinski definition) is 1. The fourth-order valence-electron chi connectivity index (χ4n) is 1.32. The van der Waals surface area contributed by atoms with Crippen LogP contribution in [0, 0.1) is 12.7 Å². The van der Waals surface area contributed by atoms with Crippen molar-refractivity contribution in [3.05, 3.63) is 44.4 Å². The van der Waals surface area contributed by atoms with Gasteiger partial charge >= 0.3 is 0 Å². The Hall–Kier alpha value is -1.16. The van der Waals surface area contributed by atoms with Crippen LogP contribution in [-0.4, -0.2) is 4.98 Å². The molecular weight excluding hydrogens is 249 g/mol. The van der Waals surface area contributed by atoms with Gasteiger partial charge in [0, 0.05) is 10.9 Å². The van der Waals surface area contributed by atoms with E-state index < -0.39 is 5.82 Å². The van der Waals surface area contributed by atoms with Crippen molar-refractivity contribution in [1.29, 1.82) is 0 Å². The summed E-state index contributed by atoms with van der Waals surface area (Å²) >= 11 is 3.06. The zero-order valence-electron chi connectivity index (χ0n) is 7.40. The average molecular weight is 256 g/mol. The van der Waals surface area contributed by atoms with Crippen LogP contribution >= 0.6 is 15.9 Å². The van der Waals surface area contributed by atoms with Gasteiger partial charge in [-0.25, -0.2) is 4.39 Å². The van der Waals surface area contributed by atoms with Gasteiger partial charge in [0.05, 0.1) is 9.99 Å². The molecule has 0 atom stereocenters. The standard InChI is InChI=1S/C10H7BrFNO/c1-5-4-6-2-3-7(11)8(12)9(6)13-10(5)14/h2-4H,1H3,(H,13,14). The molecule has 2 aromatic rings. The normalized spacial score (nSPS) is 10.8. The summed E-state index contributed by atoms with van der Waals surface area (Å²) in [7, 11) is 0. The van der Waals surface area contributed by atoms with Gasteiger partial charge in [-0.15, -0.1) is 0 Å². The molecule has 0 radical (unpaired) electrons. The van der Waals surface area contributed by atoms with Crippen LogP contribution in [0.25, 0.3) is 10.9 Å². The summed E-state index contributed by atoms with van der Waals surface area (Å²) in [6.07, 6.45) is 0. The lowest BCUT2D eigenvalue weighted by molar-refractivity contribution is 0.630. The smallest absolute Gasteiger partial charge is 0.251 e. The lowest BCUT2D eigenvalue weighted by Gasteiger charge is -2.01. The molecule has 2 nitrogen and oxygen atoms in total. The summed E-state index contributed by atoms with van der Waals surface area (Å²) in [4.78, 5) is 13.8. The maximum absolute atomic E-state index is 13.5. The minimum Gasteiger partial charge on any atom is -0.319 e. The molecule has 0 unspecified atom stereocenters. The Kier molecular flexibility index (Phi) is 2.15. The molecule has 0 saturated heterocycles. The Morgan fingerprint density at radius 1 is 1.43 bits per heavy atom. The van der Waals surface area contributed by atoms with Crippen LogP contribution in [0.3, 0.4) is 0 Å². The van der Waals surface area contributed by atoms with Crippen LogP contribution in [-0.2, 0) is 0 Å². The number of rotatable bonds is 0. The highest BCUT2D eigenvalue weighted by Crippen LogP contribution is 2.22. The van der Waals surface area contributed by atoms with E-state index in [0.717, 1.165) is 0 Å². The molecule has 0 aliphatic rings. The summed E-state index contributed by atoms with van der Waals surface area (Å²) in [6, 6.07) is 5.05. The Morgan fingerprint density at radius 3 is 2.86 bits per heavy atom. The highest BCUT2D eigenvalue weighted by Gasteiger charge is 2.06. The zero-order valence-corrected chi connectivity index (χ0v) is 8.98. The van der Waals surface area contributed by atoms with E-state index in [-0.39, 0.29) is 11.1 Å². The predicted octanol–water partition coefficient (Wildman–Crippen LogP) is 2.74. The Labute approximate surface area is 87.9 Å². The van der Waals surface area contributed by atoms with Crippen molar-refractivity contribution in [2.45, 2.75) is 6.92 Å². The second-order valence-corrected chi connectivity index (χ2v) is 3.96. The van der Waals surface area contributed by atoms with E-state index in [2.05, 4.69) is 20.9 Å². The number of pyridine rings is 1. The SMILES string of the molecule is Cc1cc2ccc(Br)c(F)c2[nH]c1=O. The van der Waals surface area contributed by atoms with Crippen LogP contribution in [0.1, 0.15) is 5.56 Å². The van der Waals surface area contributed by atoms with E-state index in [1.54, 1.807) is 25.1 Å². The van der Waals surface area contributed by atoms with Crippen LogP contribution in [0.5, 0.6) is 0 Å². The van der Waals surface area contributed by atoms with Gasteiger partial charge in [-0.1, -0.05) is 6.07 Å². The molecular formula is C10H7BrFNO. The van der Waals surface area contributed by atoms with Gasteiger partial charge in [0.1, 0.15) is 0 Å². The highest BCUT2D eigenvalue weighted by molar-refractivity contribution is 9.10. The maximum atomic E-state index is 13.5. The van der Waals surface area contributed by atoms with Crippen LogP contribution < -0.4 is 5.56 Å². The molecule has 0 spiro atoms. The zero-order chi connectivity index (χ0) is 10.3. The van der Waals surface area contributed by atoms with Crippen molar-refractivity contribution in [2.24, 2.45) is 0 Å². The number of H-pyrrole nitrogens is 1. The van der Waals surface area contributed by atoms with E-state index in [1.807, 2.05) is 0 Å². The third kappa shape index (κ3) is 1.35. The van der Waals surface area contributed by atoms with Crippen molar-refractivity contribution in [3.63, 3.8) is 0 Å². The van der Waals surface area contributed by atoms with E-state index >= 15 is 0 Å². The summed E-state index contributed by atoms with van der Waals surface area (Å²) in [5.74, 6) is -0.431. The second kappa shape index (κ2) is 3.20. The topological polar surface area (TPSA) is 32.9 Å². The van der Waals surface area contributed by atoms with Gasteiger partial charge in [0.15, 0.2) is 5.82 Å². The van der Waals surface area contributed by atoms with Gasteiger partial charge in [0.25, 0.3) is 5.56 Å². The lowest BCUT2D eigenvalue weighted by Crippen LogP contribution is -2.09. The first-order valence-electron chi connectivity index (χ1n) is 4.07. The highest BCUT2D eigenvalue weighted by atomic mass is 79.9. The third-order valence-electron chi connectivity index (χ3n) is 2.10. The summed E-state index contributed by atoms with van der Waals surface area (Å²) < 4.78 is 13.8. The average Bonchev–Trinajstić information content (AvgIpc) is 2.15. The fraction of sp³-hybridized carbons (Fsp3) is 0.100. The number of aromatic nitrogens is 1. The number of fused-ring (bicyclic) bond motifs is 1. The molecule has 1 heterocycles. The Morgan fingerprint density at radius 2 is 2.14 bits per heavy atom. The van der Waals surface area contributed by atoms with Gasteiger partial charge in [-0.2, -0.15) is 0 Å². The second-order valence-electron chi connectivity index (χ2n) is 3.11. The summed E-state index contributed by atoms with van der Waals surface area (Å²) in [5, 5.41) is 0.697. The molecule has 1 N–H and O–H groups in total. The summed E-state index contributed by atoms with van der Waals surface area (Å²) in [5.41, 5.74) is 0.573. The quantitative estimate of drug-likeness (QED) is 0.772. The molecule has 0 saturated carbocycles. The van der Waals surface area contributed by atoms with Crippen molar-refractivity contribution < 1.29 is 4.39 Å². The van der Waals surface area contributed by atoms with Gasteiger partial charge in [0.2, 0.25) is 0 Å². The molecule has 2 rings (SSSR count). The molecule has 0 fully saturated rings. The van der Waals surface area contributed by atoms with Crippen molar-refractivity contribution >= 4 is 26.8 Å². The first-order chi connectivity index (χ1) is 6.59. The van der Waals surface area contributed by atoms with E-state index in [9.17, 15) is 9.18 Å². The lowest BCUT2D eigenvalue weighted by atomic mass is 10.2. The molecule has 1 aromatic carbocycles. The maximum Gasteiger partial charge on any atom is 0.251 e. The molecule has 14 heavy (non-hydrogen) atoms. The minimum atomic E-state index is -0.431. The number of aromatic amines is 1. The van der Waals surface area contributed by atoms with Crippen molar-refractivity contribution in [3.8, 4) is 0 Å². The van der Waals surface area contributed by atoms with E-state index in [0.29, 0.717) is 15.4 Å². The first kappa shape index (κ1) is 9.40. The molecule has 4 heteroatoms. The molecule has 0 amide bonds. The fourth-order valence-corrected chi connectivity index (χ4v) is 1.65. The minimum absolute atomic E-state index is 0.245. The van der Waals surface area contributed by atoms with Crippen LogP contribution in [0.4, 0.5) is 4.39 Å². The monoisotopic (exact) mass is 255 g/mol. The summed E-state index contributed by atoms with van der Waals surface area (Å²) in [6.45, 7) is 1.69. The molecule has 72 valence electrons. The van der Waals surface area contributed by atoms with Crippen LogP contribution in [0.15, 0.2) is 27.5 Å². The predicted molar refractivity (Wildman–Crippen MR) is 57.0 cm³/mol. The van der Waals surface area contributed by atoms with Crippen molar-refractivity contribution in [2.75, 3.05) is 0 Å². The molecule has 0 aliphatic heterocycles. The van der Waals surface area contributed by atoms with E-state index in [4.69, 9.17) is 0 Å². The Balaban J connectivity index is 2.97. The van der Waals surface area contributed by atoms with Gasteiger partial charge in [-0.05, 0) is 35.0 Å². The number of hydrogen-bond donors (Lipinski definition) is 1. The van der Waals surface area contributed by atoms with Crippen molar-refractivity contribution in [1.82, 2.24) is 4.98 Å². The Bertz CT molecular complexity index is 562. The number of halogens is 2. The largest absolute Gasteiger partial charge is 0.319 e. The molecule has 0 aliphatic carbocycles. The number of aryl methyl sites for hydroxylation is 1. The molecule has 0 bridgehead atoms.